The number of hydrogen-bond donors (Lipinski definition) is 1. The van der Waals surface area contributed by atoms with E-state index in [1.54, 1.807) is 34.8 Å². The highest BCUT2D eigenvalue weighted by atomic mass is 32.1. The van der Waals surface area contributed by atoms with Crippen LogP contribution in [0.4, 0.5) is 10.7 Å². The summed E-state index contributed by atoms with van der Waals surface area (Å²) in [6.07, 6.45) is 0.832. The molecule has 0 amide bonds. The lowest BCUT2D eigenvalue weighted by atomic mass is 9.99. The van der Waals surface area contributed by atoms with Crippen LogP contribution in [0.3, 0.4) is 0 Å². The molecule has 0 aliphatic heterocycles. The van der Waals surface area contributed by atoms with Crippen molar-refractivity contribution >= 4 is 33.4 Å². The van der Waals surface area contributed by atoms with Gasteiger partial charge in [-0.05, 0) is 29.0 Å². The normalized spacial score (nSPS) is 10.8. The van der Waals surface area contributed by atoms with E-state index in [2.05, 4.69) is 13.0 Å². The first kappa shape index (κ1) is 14.7. The van der Waals surface area contributed by atoms with Crippen molar-refractivity contribution in [2.45, 2.75) is 13.3 Å². The second-order valence-electron chi connectivity index (χ2n) is 4.79. The lowest BCUT2D eigenvalue weighted by molar-refractivity contribution is -0.384. The van der Waals surface area contributed by atoms with Crippen molar-refractivity contribution in [3.8, 4) is 20.9 Å². The molecular weight excluding hydrogens is 316 g/mol. The standard InChI is InChI=1S/C16H14N2O2S2/c1-2-12-14(10-5-3-6-11(9-10)18(19)20)16(17)22-15(12)13-7-4-8-21-13/h3-9H,2,17H2,1H3. The van der Waals surface area contributed by atoms with Crippen LogP contribution in [0, 0.1) is 10.1 Å². The average molecular weight is 330 g/mol. The number of nitro benzene ring substituents is 1. The zero-order valence-corrected chi connectivity index (χ0v) is 13.5. The number of nitro groups is 1. The molecule has 0 fully saturated rings. The summed E-state index contributed by atoms with van der Waals surface area (Å²) in [5.41, 5.74) is 9.22. The highest BCUT2D eigenvalue weighted by molar-refractivity contribution is 7.24. The molecule has 6 heteroatoms. The van der Waals surface area contributed by atoms with Gasteiger partial charge in [-0.1, -0.05) is 25.1 Å². The molecule has 0 bridgehead atoms. The van der Waals surface area contributed by atoms with Crippen LogP contribution in [0.5, 0.6) is 0 Å². The number of hydrogen-bond acceptors (Lipinski definition) is 5. The van der Waals surface area contributed by atoms with Gasteiger partial charge >= 0.3 is 0 Å². The average Bonchev–Trinajstić information content (AvgIpc) is 3.14. The maximum absolute atomic E-state index is 11.0. The second kappa shape index (κ2) is 5.90. The van der Waals surface area contributed by atoms with Crippen LogP contribution in [0.15, 0.2) is 41.8 Å². The van der Waals surface area contributed by atoms with Gasteiger partial charge in [-0.15, -0.1) is 22.7 Å². The minimum atomic E-state index is -0.377. The monoisotopic (exact) mass is 330 g/mol. The van der Waals surface area contributed by atoms with E-state index in [0.717, 1.165) is 28.0 Å². The Hall–Kier alpha value is -2.18. The van der Waals surface area contributed by atoms with Gasteiger partial charge in [-0.2, -0.15) is 0 Å². The van der Waals surface area contributed by atoms with Gasteiger partial charge in [0.15, 0.2) is 0 Å². The minimum Gasteiger partial charge on any atom is -0.390 e. The third-order valence-corrected chi connectivity index (χ3v) is 5.59. The van der Waals surface area contributed by atoms with Crippen LogP contribution in [0.1, 0.15) is 12.5 Å². The second-order valence-corrected chi connectivity index (χ2v) is 6.79. The quantitative estimate of drug-likeness (QED) is 0.528. The van der Waals surface area contributed by atoms with Gasteiger partial charge < -0.3 is 5.73 Å². The number of nitrogen functional groups attached to an aromatic ring is 1. The van der Waals surface area contributed by atoms with Crippen molar-refractivity contribution < 1.29 is 4.92 Å². The zero-order chi connectivity index (χ0) is 15.7. The Bertz CT molecular complexity index is 823. The van der Waals surface area contributed by atoms with Crippen molar-refractivity contribution in [3.05, 3.63) is 57.5 Å². The molecule has 3 rings (SSSR count). The minimum absolute atomic E-state index is 0.0860. The number of thiophene rings is 2. The molecule has 0 radical (unpaired) electrons. The van der Waals surface area contributed by atoms with E-state index in [-0.39, 0.29) is 10.6 Å². The molecule has 0 aliphatic rings. The fourth-order valence-corrected chi connectivity index (χ4v) is 4.58. The number of anilines is 1. The summed E-state index contributed by atoms with van der Waals surface area (Å²) in [5, 5.41) is 13.7. The van der Waals surface area contributed by atoms with Crippen LogP contribution in [0.25, 0.3) is 20.9 Å². The van der Waals surface area contributed by atoms with Crippen LogP contribution in [0.2, 0.25) is 0 Å². The molecule has 2 heterocycles. The third kappa shape index (κ3) is 2.51. The van der Waals surface area contributed by atoms with Crippen LogP contribution < -0.4 is 5.73 Å². The summed E-state index contributed by atoms with van der Waals surface area (Å²) >= 11 is 3.23. The summed E-state index contributed by atoms with van der Waals surface area (Å²) in [7, 11) is 0. The fraction of sp³-hybridized carbons (Fsp3) is 0.125. The van der Waals surface area contributed by atoms with Crippen molar-refractivity contribution in [2.75, 3.05) is 5.73 Å². The van der Waals surface area contributed by atoms with Gasteiger partial charge in [0.25, 0.3) is 5.69 Å². The van der Waals surface area contributed by atoms with Gasteiger partial charge in [0.1, 0.15) is 0 Å². The molecule has 0 saturated heterocycles. The van der Waals surface area contributed by atoms with E-state index in [1.165, 1.54) is 10.9 Å². The smallest absolute Gasteiger partial charge is 0.270 e. The highest BCUT2D eigenvalue weighted by Crippen LogP contribution is 2.46. The first-order valence-corrected chi connectivity index (χ1v) is 8.51. The lowest BCUT2D eigenvalue weighted by Gasteiger charge is -2.05. The predicted octanol–water partition coefficient (Wildman–Crippen LogP) is 5.20. The maximum atomic E-state index is 11.0. The molecule has 0 atom stereocenters. The zero-order valence-electron chi connectivity index (χ0n) is 11.9. The summed E-state index contributed by atoms with van der Waals surface area (Å²) < 4.78 is 0. The van der Waals surface area contributed by atoms with Gasteiger partial charge in [0, 0.05) is 22.6 Å². The SMILES string of the molecule is CCc1c(-c2cccs2)sc(N)c1-c1cccc([N+](=O)[O-])c1. The Labute approximate surface area is 136 Å². The number of non-ortho nitro benzene ring substituents is 1. The van der Waals surface area contributed by atoms with Gasteiger partial charge in [0.05, 0.1) is 14.8 Å². The van der Waals surface area contributed by atoms with Crippen molar-refractivity contribution in [2.24, 2.45) is 0 Å². The first-order valence-electron chi connectivity index (χ1n) is 6.81. The van der Waals surface area contributed by atoms with Crippen molar-refractivity contribution in [1.82, 2.24) is 0 Å². The summed E-state index contributed by atoms with van der Waals surface area (Å²) in [5.74, 6) is 0. The van der Waals surface area contributed by atoms with Crippen LogP contribution in [-0.4, -0.2) is 4.92 Å². The molecule has 4 nitrogen and oxygen atoms in total. The van der Waals surface area contributed by atoms with E-state index in [1.807, 2.05) is 17.5 Å². The van der Waals surface area contributed by atoms with E-state index < -0.39 is 0 Å². The highest BCUT2D eigenvalue weighted by Gasteiger charge is 2.19. The predicted molar refractivity (Wildman–Crippen MR) is 93.5 cm³/mol. The number of nitrogens with zero attached hydrogens (tertiary/aromatic N) is 1. The Morgan fingerprint density at radius 1 is 1.27 bits per heavy atom. The Balaban J connectivity index is 2.19. The van der Waals surface area contributed by atoms with Gasteiger partial charge in [-0.3, -0.25) is 10.1 Å². The molecule has 2 N–H and O–H groups in total. The summed E-state index contributed by atoms with van der Waals surface area (Å²) in [6.45, 7) is 2.08. The largest absolute Gasteiger partial charge is 0.390 e. The molecule has 0 saturated carbocycles. The van der Waals surface area contributed by atoms with Crippen molar-refractivity contribution in [1.29, 1.82) is 0 Å². The molecule has 2 aromatic heterocycles. The number of benzene rings is 1. The van der Waals surface area contributed by atoms with Gasteiger partial charge in [-0.25, -0.2) is 0 Å². The summed E-state index contributed by atoms with van der Waals surface area (Å²) in [6, 6.07) is 10.8. The molecule has 1 aromatic carbocycles. The third-order valence-electron chi connectivity index (χ3n) is 3.48. The van der Waals surface area contributed by atoms with E-state index in [9.17, 15) is 10.1 Å². The molecule has 0 spiro atoms. The topological polar surface area (TPSA) is 69.2 Å². The maximum Gasteiger partial charge on any atom is 0.270 e. The Morgan fingerprint density at radius 3 is 2.73 bits per heavy atom. The van der Waals surface area contributed by atoms with E-state index in [4.69, 9.17) is 5.73 Å². The molecule has 112 valence electrons. The Kier molecular flexibility index (Phi) is 3.96. The molecule has 3 aromatic rings. The number of rotatable bonds is 4. The Morgan fingerprint density at radius 2 is 2.09 bits per heavy atom. The van der Waals surface area contributed by atoms with Gasteiger partial charge in [0.2, 0.25) is 0 Å². The van der Waals surface area contributed by atoms with E-state index in [0.29, 0.717) is 5.00 Å². The molecule has 22 heavy (non-hydrogen) atoms. The first-order chi connectivity index (χ1) is 10.6. The molecular formula is C16H14N2O2S2. The number of nitrogens with two attached hydrogens (primary N) is 1. The molecule has 0 aliphatic carbocycles. The van der Waals surface area contributed by atoms with Crippen LogP contribution in [-0.2, 0) is 6.42 Å². The van der Waals surface area contributed by atoms with E-state index >= 15 is 0 Å². The van der Waals surface area contributed by atoms with Crippen molar-refractivity contribution in [3.63, 3.8) is 0 Å². The lowest BCUT2D eigenvalue weighted by Crippen LogP contribution is -1.92. The molecule has 0 unspecified atom stereocenters. The fourth-order valence-electron chi connectivity index (χ4n) is 2.52. The summed E-state index contributed by atoms with van der Waals surface area (Å²) in [4.78, 5) is 13.0. The van der Waals surface area contributed by atoms with Crippen LogP contribution >= 0.6 is 22.7 Å².